The number of aromatic nitrogens is 1. The predicted molar refractivity (Wildman–Crippen MR) is 133 cm³/mol. The molecule has 0 atom stereocenters. The van der Waals surface area contributed by atoms with Crippen LogP contribution in [-0.4, -0.2) is 62.7 Å². The fraction of sp³-hybridized carbons (Fsp3) is 0.462. The van der Waals surface area contributed by atoms with E-state index in [0.717, 1.165) is 25.9 Å². The molecule has 0 radical (unpaired) electrons. The number of ether oxygens (including phenoxy) is 2. The summed E-state index contributed by atoms with van der Waals surface area (Å²) in [6, 6.07) is 8.09. The van der Waals surface area contributed by atoms with E-state index in [4.69, 9.17) is 9.47 Å². The number of hydrogen-bond acceptors (Lipinski definition) is 7. The molecule has 35 heavy (non-hydrogen) atoms. The third-order valence-electron chi connectivity index (χ3n) is 5.72. The van der Waals surface area contributed by atoms with Gasteiger partial charge in [0.15, 0.2) is 0 Å². The van der Waals surface area contributed by atoms with Gasteiger partial charge in [-0.25, -0.2) is 9.78 Å². The summed E-state index contributed by atoms with van der Waals surface area (Å²) in [5, 5.41) is 9.20. The van der Waals surface area contributed by atoms with Crippen molar-refractivity contribution in [2.24, 2.45) is 5.41 Å². The fourth-order valence-corrected chi connectivity index (χ4v) is 3.81. The number of benzene rings is 1. The zero-order valence-corrected chi connectivity index (χ0v) is 21.0. The highest BCUT2D eigenvalue weighted by molar-refractivity contribution is 6.06. The Morgan fingerprint density at radius 1 is 1.03 bits per heavy atom. The van der Waals surface area contributed by atoms with E-state index >= 15 is 0 Å². The largest absolute Gasteiger partial charge is 0.481 e. The molecule has 3 N–H and O–H groups in total. The molecule has 1 aliphatic rings. The first kappa shape index (κ1) is 26.2. The first-order valence-electron chi connectivity index (χ1n) is 11.7. The van der Waals surface area contributed by atoms with Crippen LogP contribution in [0.4, 0.5) is 0 Å². The van der Waals surface area contributed by atoms with E-state index < -0.39 is 5.97 Å². The van der Waals surface area contributed by atoms with E-state index in [1.54, 1.807) is 24.3 Å². The highest BCUT2D eigenvalue weighted by Gasteiger charge is 2.25. The van der Waals surface area contributed by atoms with Gasteiger partial charge >= 0.3 is 5.97 Å². The minimum atomic E-state index is -0.619. The Morgan fingerprint density at radius 2 is 1.71 bits per heavy atom. The smallest absolute Gasteiger partial charge is 0.338 e. The molecular weight excluding hydrogens is 448 g/mol. The van der Waals surface area contributed by atoms with Crippen molar-refractivity contribution in [3.05, 3.63) is 47.2 Å². The summed E-state index contributed by atoms with van der Waals surface area (Å²) in [6.07, 6.45) is 1.63. The molecule has 3 rings (SSSR count). The number of nitrogens with zero attached hydrogens (tertiary/aromatic N) is 1. The summed E-state index contributed by atoms with van der Waals surface area (Å²) < 4.78 is 10.2. The van der Waals surface area contributed by atoms with E-state index in [1.807, 2.05) is 20.8 Å². The third-order valence-corrected chi connectivity index (χ3v) is 5.72. The number of hydrogen-bond donors (Lipinski definition) is 3. The molecule has 0 unspecified atom stereocenters. The van der Waals surface area contributed by atoms with Crippen LogP contribution < -0.4 is 20.7 Å². The third kappa shape index (κ3) is 6.79. The number of nitrogens with one attached hydrogen (secondary N) is 3. The highest BCUT2D eigenvalue weighted by Crippen LogP contribution is 2.30. The summed E-state index contributed by atoms with van der Waals surface area (Å²) >= 11 is 0. The molecule has 9 heteroatoms. The molecule has 0 bridgehead atoms. The summed E-state index contributed by atoms with van der Waals surface area (Å²) in [6.45, 7) is 8.18. The Balaban J connectivity index is 2.01. The summed E-state index contributed by atoms with van der Waals surface area (Å²) in [5.74, 6) is -0.991. The average Bonchev–Trinajstić information content (AvgIpc) is 2.86. The lowest BCUT2D eigenvalue weighted by atomic mass is 9.94. The van der Waals surface area contributed by atoms with Gasteiger partial charge in [0, 0.05) is 29.8 Å². The highest BCUT2D eigenvalue weighted by atomic mass is 16.5. The maximum Gasteiger partial charge on any atom is 0.338 e. The van der Waals surface area contributed by atoms with Gasteiger partial charge in [-0.2, -0.15) is 0 Å². The maximum atomic E-state index is 13.3. The number of carbonyl (C=O) groups excluding carboxylic acids is 3. The van der Waals surface area contributed by atoms with Gasteiger partial charge < -0.3 is 25.4 Å². The van der Waals surface area contributed by atoms with Crippen LogP contribution in [0.5, 0.6) is 5.88 Å². The molecule has 0 saturated carbocycles. The summed E-state index contributed by atoms with van der Waals surface area (Å²) in [5.41, 5.74) is 1.41. The summed E-state index contributed by atoms with van der Waals surface area (Å²) in [7, 11) is 2.75. The second-order valence-electron chi connectivity index (χ2n) is 9.74. The molecular formula is C26H34N4O5. The van der Waals surface area contributed by atoms with Gasteiger partial charge in [-0.15, -0.1) is 0 Å². The van der Waals surface area contributed by atoms with E-state index in [2.05, 4.69) is 20.9 Å². The lowest BCUT2D eigenvalue weighted by molar-refractivity contribution is 0.0601. The Hall–Kier alpha value is -3.46. The van der Waals surface area contributed by atoms with Crippen molar-refractivity contribution in [1.82, 2.24) is 20.9 Å². The van der Waals surface area contributed by atoms with E-state index in [1.165, 1.54) is 20.3 Å². The van der Waals surface area contributed by atoms with Gasteiger partial charge in [-0.3, -0.25) is 9.59 Å². The quantitative estimate of drug-likeness (QED) is 0.519. The number of amides is 2. The van der Waals surface area contributed by atoms with Crippen LogP contribution in [0.15, 0.2) is 30.3 Å². The Labute approximate surface area is 206 Å². The van der Waals surface area contributed by atoms with Crippen LogP contribution in [0, 0.1) is 5.41 Å². The number of esters is 1. The number of methoxy groups -OCH3 is 2. The fourth-order valence-electron chi connectivity index (χ4n) is 3.81. The molecule has 9 nitrogen and oxygen atoms in total. The minimum Gasteiger partial charge on any atom is -0.481 e. The van der Waals surface area contributed by atoms with Gasteiger partial charge in [0.05, 0.1) is 19.8 Å². The molecule has 2 aromatic rings. The van der Waals surface area contributed by atoms with Crippen molar-refractivity contribution < 1.29 is 23.9 Å². The van der Waals surface area contributed by atoms with Crippen LogP contribution in [-0.2, 0) is 4.74 Å². The second kappa shape index (κ2) is 11.3. The molecule has 1 fully saturated rings. The van der Waals surface area contributed by atoms with Gasteiger partial charge in [0.25, 0.3) is 11.8 Å². The predicted octanol–water partition coefficient (Wildman–Crippen LogP) is 2.80. The van der Waals surface area contributed by atoms with Gasteiger partial charge in [0.2, 0.25) is 5.88 Å². The first-order chi connectivity index (χ1) is 16.6. The molecule has 2 heterocycles. The van der Waals surface area contributed by atoms with E-state index in [-0.39, 0.29) is 40.4 Å². The van der Waals surface area contributed by atoms with Crippen molar-refractivity contribution >= 4 is 17.8 Å². The molecule has 0 aliphatic carbocycles. The van der Waals surface area contributed by atoms with Crippen molar-refractivity contribution in [2.45, 2.75) is 39.7 Å². The van der Waals surface area contributed by atoms with Gasteiger partial charge in [-0.05, 0) is 55.1 Å². The van der Waals surface area contributed by atoms with Crippen molar-refractivity contribution in [3.63, 3.8) is 0 Å². The summed E-state index contributed by atoms with van der Waals surface area (Å²) in [4.78, 5) is 43.1. The SMILES string of the molecule is COC(=O)c1cc(C(=O)NCC(C)(C)C)ccc1-c1ccc(OC)nc1C(=O)NC1CCNCC1. The first-order valence-corrected chi connectivity index (χ1v) is 11.7. The number of carbonyl (C=O) groups is 3. The van der Waals surface area contributed by atoms with Crippen LogP contribution in [0.3, 0.4) is 0 Å². The van der Waals surface area contributed by atoms with E-state index in [9.17, 15) is 14.4 Å². The van der Waals surface area contributed by atoms with Crippen LogP contribution in [0.1, 0.15) is 64.8 Å². The molecule has 1 saturated heterocycles. The normalized spacial score (nSPS) is 14.2. The standard InChI is InChI=1S/C26H34N4O5/c1-26(2,3)15-28-23(31)16-6-7-18(20(14-16)25(33)35-5)19-8-9-21(34-4)30-22(19)24(32)29-17-10-12-27-13-11-17/h6-9,14,17,27H,10-13,15H2,1-5H3,(H,28,31)(H,29,32). The Morgan fingerprint density at radius 3 is 2.34 bits per heavy atom. The molecule has 1 aromatic heterocycles. The van der Waals surface area contributed by atoms with Gasteiger partial charge in [0.1, 0.15) is 5.69 Å². The molecule has 188 valence electrons. The Bertz CT molecular complexity index is 1090. The molecule has 1 aliphatic heterocycles. The molecule has 1 aromatic carbocycles. The van der Waals surface area contributed by atoms with Crippen molar-refractivity contribution in [1.29, 1.82) is 0 Å². The number of piperidine rings is 1. The minimum absolute atomic E-state index is 0.0265. The van der Waals surface area contributed by atoms with Gasteiger partial charge in [-0.1, -0.05) is 26.8 Å². The van der Waals surface area contributed by atoms with Crippen LogP contribution in [0.25, 0.3) is 11.1 Å². The Kier molecular flexibility index (Phi) is 8.45. The molecule has 0 spiro atoms. The topological polar surface area (TPSA) is 119 Å². The van der Waals surface area contributed by atoms with Crippen LogP contribution in [0.2, 0.25) is 0 Å². The van der Waals surface area contributed by atoms with Crippen molar-refractivity contribution in [3.8, 4) is 17.0 Å². The number of pyridine rings is 1. The van der Waals surface area contributed by atoms with Crippen LogP contribution >= 0.6 is 0 Å². The zero-order valence-electron chi connectivity index (χ0n) is 21.0. The lowest BCUT2D eigenvalue weighted by Gasteiger charge is -2.24. The number of rotatable bonds is 7. The molecule has 2 amide bonds. The second-order valence-corrected chi connectivity index (χ2v) is 9.74. The zero-order chi connectivity index (χ0) is 25.6. The van der Waals surface area contributed by atoms with E-state index in [0.29, 0.717) is 23.2 Å². The average molecular weight is 483 g/mol. The van der Waals surface area contributed by atoms with Crippen molar-refractivity contribution in [2.75, 3.05) is 33.9 Å². The maximum absolute atomic E-state index is 13.3. The lowest BCUT2D eigenvalue weighted by Crippen LogP contribution is -2.43. The monoisotopic (exact) mass is 482 g/mol.